The van der Waals surface area contributed by atoms with Crippen LogP contribution in [0.1, 0.15) is 35.1 Å². The zero-order valence-corrected chi connectivity index (χ0v) is 13.1. The summed E-state index contributed by atoms with van der Waals surface area (Å²) in [5, 5.41) is 4.49. The summed E-state index contributed by atoms with van der Waals surface area (Å²) in [6.45, 7) is 2.10. The van der Waals surface area contributed by atoms with E-state index in [1.165, 1.54) is 23.3 Å². The van der Waals surface area contributed by atoms with Gasteiger partial charge in [0.2, 0.25) is 0 Å². The van der Waals surface area contributed by atoms with Crippen molar-refractivity contribution in [1.82, 2.24) is 0 Å². The molecule has 3 atom stereocenters. The van der Waals surface area contributed by atoms with Crippen LogP contribution in [0.25, 0.3) is 0 Å². The molecular formula is C19H17ClFN. The van der Waals surface area contributed by atoms with Gasteiger partial charge in [0, 0.05) is 22.2 Å². The summed E-state index contributed by atoms with van der Waals surface area (Å²) in [4.78, 5) is 0. The molecule has 0 fully saturated rings. The maximum Gasteiger partial charge on any atom is 0.123 e. The van der Waals surface area contributed by atoms with Gasteiger partial charge >= 0.3 is 0 Å². The van der Waals surface area contributed by atoms with Gasteiger partial charge in [-0.25, -0.2) is 4.39 Å². The van der Waals surface area contributed by atoms with Crippen molar-refractivity contribution in [3.8, 4) is 0 Å². The Morgan fingerprint density at radius 2 is 1.91 bits per heavy atom. The van der Waals surface area contributed by atoms with Crippen LogP contribution < -0.4 is 5.32 Å². The Morgan fingerprint density at radius 3 is 2.68 bits per heavy atom. The highest BCUT2D eigenvalue weighted by Gasteiger charge is 2.39. The molecule has 4 rings (SSSR count). The molecule has 1 nitrogen and oxygen atoms in total. The molecule has 2 aromatic rings. The van der Waals surface area contributed by atoms with Crippen molar-refractivity contribution in [3.05, 3.63) is 76.1 Å². The predicted octanol–water partition coefficient (Wildman–Crippen LogP) is 5.61. The van der Waals surface area contributed by atoms with Gasteiger partial charge in [0.1, 0.15) is 5.82 Å². The number of rotatable bonds is 1. The molecule has 0 saturated heterocycles. The van der Waals surface area contributed by atoms with Gasteiger partial charge in [0.25, 0.3) is 0 Å². The summed E-state index contributed by atoms with van der Waals surface area (Å²) >= 11 is 6.47. The number of aryl methyl sites for hydroxylation is 1. The predicted molar refractivity (Wildman–Crippen MR) is 88.9 cm³/mol. The summed E-state index contributed by atoms with van der Waals surface area (Å²) in [6.07, 6.45) is 5.52. The third kappa shape index (κ3) is 2.05. The van der Waals surface area contributed by atoms with Crippen LogP contribution in [0.15, 0.2) is 48.6 Å². The first-order valence-corrected chi connectivity index (χ1v) is 8.00. The first-order chi connectivity index (χ1) is 10.6. The maximum atomic E-state index is 13.2. The normalized spacial score (nSPS) is 25.5. The van der Waals surface area contributed by atoms with Gasteiger partial charge in [-0.2, -0.15) is 0 Å². The first-order valence-electron chi connectivity index (χ1n) is 7.63. The molecule has 22 heavy (non-hydrogen) atoms. The number of hydrogen-bond donors (Lipinski definition) is 1. The average Bonchev–Trinajstić information content (AvgIpc) is 3.00. The van der Waals surface area contributed by atoms with E-state index < -0.39 is 0 Å². The molecular weight excluding hydrogens is 297 g/mol. The fourth-order valence-corrected chi connectivity index (χ4v) is 4.09. The number of fused-ring (bicyclic) bond motifs is 3. The third-order valence-corrected chi connectivity index (χ3v) is 5.23. The standard InChI is InChI=1S/C19H17ClFN/c1-11-5-10-16(20)17-14-3-2-4-15(14)19(22-18(11)17)12-6-8-13(21)9-7-12/h2-3,5-10,14-15,19,22H,4H2,1H3/t14-,15+,19+/m1/s1. The minimum absolute atomic E-state index is 0.185. The van der Waals surface area contributed by atoms with Crippen molar-refractivity contribution in [2.75, 3.05) is 5.32 Å². The smallest absolute Gasteiger partial charge is 0.123 e. The molecule has 0 spiro atoms. The van der Waals surface area contributed by atoms with Crippen LogP contribution in [0.3, 0.4) is 0 Å². The van der Waals surface area contributed by atoms with Gasteiger partial charge in [0.15, 0.2) is 0 Å². The van der Waals surface area contributed by atoms with E-state index in [0.29, 0.717) is 11.8 Å². The first kappa shape index (κ1) is 13.8. The Morgan fingerprint density at radius 1 is 1.14 bits per heavy atom. The molecule has 1 N–H and O–H groups in total. The van der Waals surface area contributed by atoms with E-state index in [1.807, 2.05) is 18.2 Å². The monoisotopic (exact) mass is 313 g/mol. The number of halogens is 2. The van der Waals surface area contributed by atoms with E-state index in [2.05, 4.69) is 30.5 Å². The summed E-state index contributed by atoms with van der Waals surface area (Å²) in [7, 11) is 0. The van der Waals surface area contributed by atoms with Crippen molar-refractivity contribution < 1.29 is 4.39 Å². The summed E-state index contributed by atoms with van der Waals surface area (Å²) in [6, 6.07) is 11.1. The van der Waals surface area contributed by atoms with E-state index in [-0.39, 0.29) is 11.9 Å². The Balaban J connectivity index is 1.84. The summed E-state index contributed by atoms with van der Waals surface area (Å²) in [5.41, 5.74) is 4.67. The fraction of sp³-hybridized carbons (Fsp3) is 0.263. The number of benzene rings is 2. The third-order valence-electron chi connectivity index (χ3n) is 4.90. The van der Waals surface area contributed by atoms with Crippen LogP contribution in [-0.2, 0) is 0 Å². The maximum absolute atomic E-state index is 13.2. The Labute approximate surface area is 134 Å². The lowest BCUT2D eigenvalue weighted by Crippen LogP contribution is -2.29. The Hall–Kier alpha value is -1.80. The van der Waals surface area contributed by atoms with E-state index in [9.17, 15) is 4.39 Å². The van der Waals surface area contributed by atoms with Crippen molar-refractivity contribution in [2.24, 2.45) is 5.92 Å². The summed E-state index contributed by atoms with van der Waals surface area (Å²) in [5.74, 6) is 0.566. The highest BCUT2D eigenvalue weighted by atomic mass is 35.5. The van der Waals surface area contributed by atoms with Crippen molar-refractivity contribution in [1.29, 1.82) is 0 Å². The Bertz CT molecular complexity index is 751. The van der Waals surface area contributed by atoms with Crippen LogP contribution in [0.4, 0.5) is 10.1 Å². The Kier molecular flexibility index (Phi) is 3.23. The molecule has 112 valence electrons. The lowest BCUT2D eigenvalue weighted by atomic mass is 9.76. The zero-order valence-electron chi connectivity index (χ0n) is 12.3. The molecule has 0 amide bonds. The second-order valence-corrected chi connectivity index (χ2v) is 6.59. The topological polar surface area (TPSA) is 12.0 Å². The molecule has 0 radical (unpaired) electrons. The quantitative estimate of drug-likeness (QED) is 0.674. The van der Waals surface area contributed by atoms with Gasteiger partial charge in [-0.1, -0.05) is 42.0 Å². The molecule has 1 aliphatic heterocycles. The minimum atomic E-state index is -0.194. The highest BCUT2D eigenvalue weighted by Crippen LogP contribution is 2.52. The molecule has 0 unspecified atom stereocenters. The van der Waals surface area contributed by atoms with Crippen LogP contribution in [-0.4, -0.2) is 0 Å². The fourth-order valence-electron chi connectivity index (χ4n) is 3.81. The van der Waals surface area contributed by atoms with E-state index >= 15 is 0 Å². The van der Waals surface area contributed by atoms with Crippen molar-refractivity contribution in [3.63, 3.8) is 0 Å². The lowest BCUT2D eigenvalue weighted by molar-refractivity contribution is 0.425. The highest BCUT2D eigenvalue weighted by molar-refractivity contribution is 6.32. The second kappa shape index (κ2) is 5.13. The van der Waals surface area contributed by atoms with Crippen molar-refractivity contribution in [2.45, 2.75) is 25.3 Å². The minimum Gasteiger partial charge on any atom is -0.377 e. The zero-order chi connectivity index (χ0) is 15.3. The van der Waals surface area contributed by atoms with Gasteiger partial charge in [-0.15, -0.1) is 0 Å². The summed E-state index contributed by atoms with van der Waals surface area (Å²) < 4.78 is 13.2. The number of anilines is 1. The molecule has 0 saturated carbocycles. The van der Waals surface area contributed by atoms with Crippen LogP contribution in [0.2, 0.25) is 5.02 Å². The largest absolute Gasteiger partial charge is 0.377 e. The number of nitrogens with one attached hydrogen (secondary N) is 1. The van der Waals surface area contributed by atoms with E-state index in [1.54, 1.807) is 0 Å². The molecule has 0 bridgehead atoms. The number of allylic oxidation sites excluding steroid dienone is 2. The van der Waals surface area contributed by atoms with Gasteiger partial charge < -0.3 is 5.32 Å². The number of hydrogen-bond acceptors (Lipinski definition) is 1. The molecule has 1 aliphatic carbocycles. The molecule has 0 aromatic heterocycles. The van der Waals surface area contributed by atoms with Gasteiger partial charge in [0.05, 0.1) is 6.04 Å². The van der Waals surface area contributed by atoms with Crippen molar-refractivity contribution >= 4 is 17.3 Å². The SMILES string of the molecule is Cc1ccc(Cl)c2c1N[C@@H](c1ccc(F)cc1)[C@H]1CC=C[C@@H]21. The van der Waals surface area contributed by atoms with Gasteiger partial charge in [-0.05, 0) is 48.6 Å². The van der Waals surface area contributed by atoms with Crippen LogP contribution in [0, 0.1) is 18.7 Å². The average molecular weight is 314 g/mol. The van der Waals surface area contributed by atoms with E-state index in [0.717, 1.165) is 22.7 Å². The molecule has 3 heteroatoms. The molecule has 1 heterocycles. The molecule has 2 aromatic carbocycles. The molecule has 2 aliphatic rings. The lowest BCUT2D eigenvalue weighted by Gasteiger charge is -2.38. The van der Waals surface area contributed by atoms with Gasteiger partial charge in [-0.3, -0.25) is 0 Å². The van der Waals surface area contributed by atoms with E-state index in [4.69, 9.17) is 11.6 Å². The van der Waals surface area contributed by atoms with Crippen LogP contribution >= 0.6 is 11.6 Å². The second-order valence-electron chi connectivity index (χ2n) is 6.18. The van der Waals surface area contributed by atoms with Crippen LogP contribution in [0.5, 0.6) is 0 Å².